The van der Waals surface area contributed by atoms with Crippen LogP contribution in [0.5, 0.6) is 11.9 Å². The summed E-state index contributed by atoms with van der Waals surface area (Å²) in [6.07, 6.45) is 1.44. The average Bonchev–Trinajstić information content (AvgIpc) is 2.72. The summed E-state index contributed by atoms with van der Waals surface area (Å²) in [6.45, 7) is 1.74. The molecule has 7 heteroatoms. The van der Waals surface area contributed by atoms with E-state index in [0.717, 1.165) is 0 Å². The molecule has 0 saturated carbocycles. The van der Waals surface area contributed by atoms with Crippen LogP contribution < -0.4 is 9.47 Å². The minimum Gasteiger partial charge on any atom is -0.479 e. The summed E-state index contributed by atoms with van der Waals surface area (Å²) in [6, 6.07) is 1.78. The fourth-order valence-corrected chi connectivity index (χ4v) is 1.71. The van der Waals surface area contributed by atoms with Gasteiger partial charge in [-0.1, -0.05) is 0 Å². The Morgan fingerprint density at radius 3 is 3.06 bits per heavy atom. The van der Waals surface area contributed by atoms with Crippen molar-refractivity contribution >= 4 is 5.97 Å². The number of ether oxygens (including phenoxy) is 3. The number of methoxy groups -OCH3 is 1. The molecule has 1 saturated heterocycles. The molecule has 0 radical (unpaired) electrons. The van der Waals surface area contributed by atoms with Gasteiger partial charge in [-0.3, -0.25) is 0 Å². The van der Waals surface area contributed by atoms with Crippen molar-refractivity contribution in [3.05, 3.63) is 12.3 Å². The first-order valence-electron chi connectivity index (χ1n) is 5.44. The van der Waals surface area contributed by atoms with E-state index < -0.39 is 11.6 Å². The minimum absolute atomic E-state index is 0.201. The number of aliphatic carboxylic acids is 1. The van der Waals surface area contributed by atoms with Gasteiger partial charge in [-0.05, 0) is 6.92 Å². The molecule has 1 fully saturated rings. The molecule has 2 atom stereocenters. The van der Waals surface area contributed by atoms with Gasteiger partial charge < -0.3 is 19.3 Å². The van der Waals surface area contributed by atoms with E-state index in [1.165, 1.54) is 20.2 Å². The molecule has 98 valence electrons. The van der Waals surface area contributed by atoms with Crippen molar-refractivity contribution in [3.63, 3.8) is 0 Å². The normalized spacial score (nSPS) is 26.9. The van der Waals surface area contributed by atoms with Crippen LogP contribution in [0.2, 0.25) is 0 Å². The number of carbonyl (C=O) groups is 1. The average molecular weight is 254 g/mol. The largest absolute Gasteiger partial charge is 0.479 e. The van der Waals surface area contributed by atoms with Gasteiger partial charge in [0.25, 0.3) is 0 Å². The quantitative estimate of drug-likeness (QED) is 0.836. The van der Waals surface area contributed by atoms with Crippen LogP contribution in [0.25, 0.3) is 0 Å². The Kier molecular flexibility index (Phi) is 3.33. The van der Waals surface area contributed by atoms with E-state index in [-0.39, 0.29) is 25.1 Å². The molecule has 0 amide bonds. The fraction of sp³-hybridized carbons (Fsp3) is 0.545. The van der Waals surface area contributed by atoms with Gasteiger partial charge in [-0.25, -0.2) is 9.78 Å². The van der Waals surface area contributed by atoms with Crippen LogP contribution in [0.3, 0.4) is 0 Å². The van der Waals surface area contributed by atoms with Gasteiger partial charge in [0, 0.05) is 18.7 Å². The third kappa shape index (κ3) is 2.51. The number of hydrogen-bond acceptors (Lipinski definition) is 6. The molecule has 0 spiro atoms. The molecule has 1 aliphatic heterocycles. The van der Waals surface area contributed by atoms with Gasteiger partial charge in [0.15, 0.2) is 5.60 Å². The molecule has 1 N–H and O–H groups in total. The van der Waals surface area contributed by atoms with Crippen molar-refractivity contribution in [2.24, 2.45) is 0 Å². The monoisotopic (exact) mass is 254 g/mol. The van der Waals surface area contributed by atoms with Crippen LogP contribution in [0.4, 0.5) is 0 Å². The summed E-state index contributed by atoms with van der Waals surface area (Å²) in [5, 5.41) is 9.01. The smallest absolute Gasteiger partial charge is 0.335 e. The van der Waals surface area contributed by atoms with E-state index in [4.69, 9.17) is 19.3 Å². The number of carboxylic acids is 1. The van der Waals surface area contributed by atoms with E-state index in [1.54, 1.807) is 6.07 Å². The Morgan fingerprint density at radius 1 is 1.67 bits per heavy atom. The summed E-state index contributed by atoms with van der Waals surface area (Å²) in [5.41, 5.74) is -1.19. The molecule has 2 unspecified atom stereocenters. The summed E-state index contributed by atoms with van der Waals surface area (Å²) in [7, 11) is 1.46. The molecular weight excluding hydrogens is 240 g/mol. The van der Waals surface area contributed by atoms with Crippen molar-refractivity contribution in [1.29, 1.82) is 0 Å². The molecule has 0 aliphatic carbocycles. The van der Waals surface area contributed by atoms with Gasteiger partial charge in [0.05, 0.1) is 13.7 Å². The Hall–Kier alpha value is -1.89. The van der Waals surface area contributed by atoms with Crippen LogP contribution in [-0.4, -0.2) is 46.5 Å². The lowest BCUT2D eigenvalue weighted by Crippen LogP contribution is -2.34. The van der Waals surface area contributed by atoms with E-state index in [2.05, 4.69) is 9.97 Å². The molecule has 2 rings (SSSR count). The van der Waals surface area contributed by atoms with Crippen molar-refractivity contribution in [2.75, 3.05) is 13.7 Å². The highest BCUT2D eigenvalue weighted by Gasteiger charge is 2.44. The first-order chi connectivity index (χ1) is 8.53. The second kappa shape index (κ2) is 4.77. The lowest BCUT2D eigenvalue weighted by atomic mass is 10.0. The first-order valence-corrected chi connectivity index (χ1v) is 5.44. The lowest BCUT2D eigenvalue weighted by molar-refractivity contribution is -0.157. The second-order valence-electron chi connectivity index (χ2n) is 4.17. The maximum absolute atomic E-state index is 11.0. The second-order valence-corrected chi connectivity index (χ2v) is 4.17. The van der Waals surface area contributed by atoms with Gasteiger partial charge in [0.1, 0.15) is 6.10 Å². The summed E-state index contributed by atoms with van der Waals surface area (Å²) in [4.78, 5) is 18.8. The molecule has 0 bridgehead atoms. The molecule has 0 aromatic carbocycles. The van der Waals surface area contributed by atoms with E-state index in [1.807, 2.05) is 0 Å². The van der Waals surface area contributed by atoms with Gasteiger partial charge >= 0.3 is 12.0 Å². The Bertz CT molecular complexity index is 453. The van der Waals surface area contributed by atoms with Crippen molar-refractivity contribution in [3.8, 4) is 11.9 Å². The highest BCUT2D eigenvalue weighted by atomic mass is 16.6. The first kappa shape index (κ1) is 12.6. The zero-order valence-electron chi connectivity index (χ0n) is 10.1. The van der Waals surface area contributed by atoms with E-state index >= 15 is 0 Å². The van der Waals surface area contributed by atoms with Crippen molar-refractivity contribution < 1.29 is 24.1 Å². The zero-order valence-corrected chi connectivity index (χ0v) is 10.1. The number of nitrogens with zero attached hydrogens (tertiary/aromatic N) is 2. The molecule has 18 heavy (non-hydrogen) atoms. The molecular formula is C11H14N2O5. The Morgan fingerprint density at radius 2 is 2.44 bits per heavy atom. The van der Waals surface area contributed by atoms with Crippen LogP contribution in [-0.2, 0) is 9.53 Å². The summed E-state index contributed by atoms with van der Waals surface area (Å²) < 4.78 is 15.7. The third-order valence-corrected chi connectivity index (χ3v) is 2.74. The van der Waals surface area contributed by atoms with Gasteiger partial charge in [0.2, 0.25) is 5.88 Å². The predicted molar refractivity (Wildman–Crippen MR) is 59.6 cm³/mol. The van der Waals surface area contributed by atoms with Gasteiger partial charge in [-0.2, -0.15) is 4.98 Å². The lowest BCUT2D eigenvalue weighted by Gasteiger charge is -2.16. The Labute approximate surface area is 104 Å². The third-order valence-electron chi connectivity index (χ3n) is 2.74. The summed E-state index contributed by atoms with van der Waals surface area (Å²) in [5.74, 6) is -0.654. The number of carboxylic acid groups (broad SMARTS) is 1. The maximum atomic E-state index is 11.0. The Balaban J connectivity index is 2.01. The zero-order chi connectivity index (χ0) is 13.2. The van der Waals surface area contributed by atoms with E-state index in [9.17, 15) is 4.79 Å². The van der Waals surface area contributed by atoms with Gasteiger partial charge in [-0.15, -0.1) is 0 Å². The van der Waals surface area contributed by atoms with Crippen LogP contribution in [0.15, 0.2) is 12.3 Å². The van der Waals surface area contributed by atoms with Crippen molar-refractivity contribution in [1.82, 2.24) is 9.97 Å². The topological polar surface area (TPSA) is 90.8 Å². The molecule has 7 nitrogen and oxygen atoms in total. The van der Waals surface area contributed by atoms with Crippen molar-refractivity contribution in [2.45, 2.75) is 25.0 Å². The van der Waals surface area contributed by atoms with Crippen LogP contribution in [0, 0.1) is 0 Å². The van der Waals surface area contributed by atoms with E-state index in [0.29, 0.717) is 5.88 Å². The maximum Gasteiger partial charge on any atom is 0.335 e. The molecule has 1 aromatic rings. The molecule has 1 aromatic heterocycles. The standard InChI is InChI=1S/C11H14N2O5/c1-11(9(14)15)5-7(6-17-11)18-8-3-4-12-10(13-8)16-2/h3-4,7H,5-6H2,1-2H3,(H,14,15). The number of aromatic nitrogens is 2. The highest BCUT2D eigenvalue weighted by Crippen LogP contribution is 2.28. The highest BCUT2D eigenvalue weighted by molar-refractivity contribution is 5.77. The number of hydrogen-bond donors (Lipinski definition) is 1. The fourth-order valence-electron chi connectivity index (χ4n) is 1.71. The van der Waals surface area contributed by atoms with Crippen LogP contribution in [0.1, 0.15) is 13.3 Å². The molecule has 1 aliphatic rings. The molecule has 2 heterocycles. The number of rotatable bonds is 4. The minimum atomic E-state index is -1.19. The summed E-state index contributed by atoms with van der Waals surface area (Å²) >= 11 is 0. The SMILES string of the molecule is COc1nccc(OC2COC(C)(C(=O)O)C2)n1. The van der Waals surface area contributed by atoms with Crippen LogP contribution >= 0.6 is 0 Å². The predicted octanol–water partition coefficient (Wildman–Crippen LogP) is 0.496.